The van der Waals surface area contributed by atoms with Gasteiger partial charge in [-0.2, -0.15) is 0 Å². The Hall–Kier alpha value is -2.01. The van der Waals surface area contributed by atoms with Crippen molar-refractivity contribution in [2.24, 2.45) is 11.7 Å². The average molecular weight is 306 g/mol. The zero-order chi connectivity index (χ0) is 15.0. The van der Waals surface area contributed by atoms with E-state index < -0.39 is 0 Å². The maximum absolute atomic E-state index is 11.4. The van der Waals surface area contributed by atoms with E-state index in [9.17, 15) is 4.79 Å². The normalized spacial score (nSPS) is 18.2. The van der Waals surface area contributed by atoms with Crippen molar-refractivity contribution in [1.82, 2.24) is 4.98 Å². The van der Waals surface area contributed by atoms with Crippen molar-refractivity contribution in [3.05, 3.63) is 29.4 Å². The molecule has 3 rings (SSSR count). The Morgan fingerprint density at radius 1 is 1.52 bits per heavy atom. The molecule has 21 heavy (non-hydrogen) atoms. The molecule has 1 atom stereocenters. The maximum atomic E-state index is 11.4. The fourth-order valence-electron chi connectivity index (χ4n) is 2.78. The number of primary amides is 1. The predicted molar refractivity (Wildman–Crippen MR) is 82.8 cm³/mol. The number of fused-ring (bicyclic) bond motifs is 1. The third-order valence-electron chi connectivity index (χ3n) is 3.91. The van der Waals surface area contributed by atoms with Crippen LogP contribution in [0.2, 0.25) is 5.02 Å². The van der Waals surface area contributed by atoms with Crippen LogP contribution in [-0.4, -0.2) is 31.1 Å². The van der Waals surface area contributed by atoms with E-state index in [-0.39, 0.29) is 11.8 Å². The van der Waals surface area contributed by atoms with Crippen LogP contribution in [0.15, 0.2) is 24.4 Å². The number of methoxy groups -OCH3 is 1. The van der Waals surface area contributed by atoms with Crippen molar-refractivity contribution in [2.75, 3.05) is 25.1 Å². The number of ether oxygens (including phenoxy) is 1. The number of nitrogens with zero attached hydrogens (tertiary/aromatic N) is 2. The molecule has 1 amide bonds. The number of carbonyl (C=O) groups is 1. The minimum Gasteiger partial charge on any atom is -0.497 e. The number of halogens is 1. The molecule has 0 spiro atoms. The first kappa shape index (κ1) is 13.9. The van der Waals surface area contributed by atoms with Crippen molar-refractivity contribution in [3.63, 3.8) is 0 Å². The fourth-order valence-corrected chi connectivity index (χ4v) is 3.05. The van der Waals surface area contributed by atoms with Crippen LogP contribution in [0.3, 0.4) is 0 Å². The summed E-state index contributed by atoms with van der Waals surface area (Å²) in [5, 5.41) is 1.49. The summed E-state index contributed by atoms with van der Waals surface area (Å²) >= 11 is 6.34. The van der Waals surface area contributed by atoms with Crippen LogP contribution in [0.25, 0.3) is 10.9 Å². The summed E-state index contributed by atoms with van der Waals surface area (Å²) in [4.78, 5) is 17.8. The lowest BCUT2D eigenvalue weighted by molar-refractivity contribution is -0.121. The quantitative estimate of drug-likeness (QED) is 0.944. The van der Waals surface area contributed by atoms with E-state index in [1.807, 2.05) is 18.2 Å². The summed E-state index contributed by atoms with van der Waals surface area (Å²) in [6.45, 7) is 1.34. The molecule has 0 radical (unpaired) electrons. The number of hydrogen-bond acceptors (Lipinski definition) is 4. The van der Waals surface area contributed by atoms with Crippen LogP contribution in [0, 0.1) is 5.92 Å². The zero-order valence-electron chi connectivity index (χ0n) is 11.7. The Kier molecular flexibility index (Phi) is 3.59. The molecule has 1 aromatic heterocycles. The number of benzene rings is 1. The van der Waals surface area contributed by atoms with Gasteiger partial charge in [-0.1, -0.05) is 11.6 Å². The van der Waals surface area contributed by atoms with Crippen molar-refractivity contribution in [3.8, 4) is 5.75 Å². The molecule has 1 saturated heterocycles. The standard InChI is InChI=1S/C15H16ClN3O2/c1-21-10-2-3-13-11(6-10)14(12(16)7-18-13)19-5-4-9(8-19)15(17)20/h2-3,6-7,9H,4-5,8H2,1H3,(H2,17,20). The third kappa shape index (κ3) is 2.49. The summed E-state index contributed by atoms with van der Waals surface area (Å²) in [5.41, 5.74) is 7.14. The van der Waals surface area contributed by atoms with Crippen LogP contribution < -0.4 is 15.4 Å². The Morgan fingerprint density at radius 3 is 3.00 bits per heavy atom. The summed E-state index contributed by atoms with van der Waals surface area (Å²) in [6.07, 6.45) is 2.39. The van der Waals surface area contributed by atoms with Gasteiger partial charge >= 0.3 is 0 Å². The molecular formula is C15H16ClN3O2. The van der Waals surface area contributed by atoms with Gasteiger partial charge in [-0.05, 0) is 24.6 Å². The molecule has 1 fully saturated rings. The van der Waals surface area contributed by atoms with Crippen LogP contribution in [-0.2, 0) is 4.79 Å². The van der Waals surface area contributed by atoms with Crippen molar-refractivity contribution >= 4 is 34.1 Å². The number of nitrogens with two attached hydrogens (primary N) is 1. The molecule has 110 valence electrons. The van der Waals surface area contributed by atoms with E-state index in [2.05, 4.69) is 9.88 Å². The molecule has 2 aromatic rings. The number of rotatable bonds is 3. The summed E-state index contributed by atoms with van der Waals surface area (Å²) < 4.78 is 5.28. The minimum absolute atomic E-state index is 0.130. The van der Waals surface area contributed by atoms with Crippen molar-refractivity contribution < 1.29 is 9.53 Å². The summed E-state index contributed by atoms with van der Waals surface area (Å²) in [7, 11) is 1.62. The lowest BCUT2D eigenvalue weighted by Crippen LogP contribution is -2.27. The molecule has 6 heteroatoms. The van der Waals surface area contributed by atoms with Gasteiger partial charge in [0.1, 0.15) is 5.75 Å². The first-order valence-corrected chi connectivity index (χ1v) is 7.14. The van der Waals surface area contributed by atoms with E-state index in [4.69, 9.17) is 22.1 Å². The number of carbonyl (C=O) groups excluding carboxylic acids is 1. The average Bonchev–Trinajstić information content (AvgIpc) is 2.96. The van der Waals surface area contributed by atoms with Crippen LogP contribution in [0.4, 0.5) is 5.69 Å². The van der Waals surface area contributed by atoms with E-state index in [0.29, 0.717) is 11.6 Å². The van der Waals surface area contributed by atoms with Gasteiger partial charge < -0.3 is 15.4 Å². The van der Waals surface area contributed by atoms with E-state index >= 15 is 0 Å². The molecule has 0 aliphatic carbocycles. The van der Waals surface area contributed by atoms with Gasteiger partial charge in [-0.25, -0.2) is 0 Å². The first-order valence-electron chi connectivity index (χ1n) is 6.76. The second kappa shape index (κ2) is 5.41. The maximum Gasteiger partial charge on any atom is 0.222 e. The number of hydrogen-bond donors (Lipinski definition) is 1. The highest BCUT2D eigenvalue weighted by molar-refractivity contribution is 6.34. The molecule has 1 aromatic carbocycles. The van der Waals surface area contributed by atoms with Gasteiger partial charge in [-0.3, -0.25) is 9.78 Å². The number of amides is 1. The lowest BCUT2D eigenvalue weighted by Gasteiger charge is -2.21. The molecule has 0 bridgehead atoms. The Bertz CT molecular complexity index is 705. The van der Waals surface area contributed by atoms with Gasteiger partial charge in [0.2, 0.25) is 5.91 Å². The zero-order valence-corrected chi connectivity index (χ0v) is 12.4. The van der Waals surface area contributed by atoms with Crippen molar-refractivity contribution in [2.45, 2.75) is 6.42 Å². The highest BCUT2D eigenvalue weighted by Crippen LogP contribution is 2.37. The predicted octanol–water partition coefficient (Wildman–Crippen LogP) is 2.21. The van der Waals surface area contributed by atoms with Crippen LogP contribution in [0.5, 0.6) is 5.75 Å². The molecule has 5 nitrogen and oxygen atoms in total. The Balaban J connectivity index is 2.08. The first-order chi connectivity index (χ1) is 10.1. The van der Waals surface area contributed by atoms with Crippen LogP contribution in [0.1, 0.15) is 6.42 Å². The molecule has 2 N–H and O–H groups in total. The monoisotopic (exact) mass is 305 g/mol. The molecule has 1 aliphatic heterocycles. The van der Waals surface area contributed by atoms with E-state index in [1.54, 1.807) is 13.3 Å². The molecular weight excluding hydrogens is 290 g/mol. The summed E-state index contributed by atoms with van der Waals surface area (Å²) in [5.74, 6) is 0.359. The second-order valence-electron chi connectivity index (χ2n) is 5.17. The minimum atomic E-state index is -0.260. The Morgan fingerprint density at radius 2 is 2.33 bits per heavy atom. The van der Waals surface area contributed by atoms with E-state index in [0.717, 1.165) is 35.3 Å². The molecule has 1 unspecified atom stereocenters. The number of anilines is 1. The van der Waals surface area contributed by atoms with Gasteiger partial charge in [0, 0.05) is 24.7 Å². The Labute approximate surface area is 127 Å². The smallest absolute Gasteiger partial charge is 0.222 e. The number of aromatic nitrogens is 1. The highest BCUT2D eigenvalue weighted by Gasteiger charge is 2.29. The van der Waals surface area contributed by atoms with Crippen LogP contribution >= 0.6 is 11.6 Å². The van der Waals surface area contributed by atoms with E-state index in [1.165, 1.54) is 0 Å². The van der Waals surface area contributed by atoms with Gasteiger partial charge in [0.05, 0.1) is 29.3 Å². The molecule has 2 heterocycles. The largest absolute Gasteiger partial charge is 0.497 e. The number of pyridine rings is 1. The third-order valence-corrected chi connectivity index (χ3v) is 4.19. The lowest BCUT2D eigenvalue weighted by atomic mass is 10.1. The summed E-state index contributed by atoms with van der Waals surface area (Å²) in [6, 6.07) is 5.68. The second-order valence-corrected chi connectivity index (χ2v) is 5.58. The SMILES string of the molecule is COc1ccc2ncc(Cl)c(N3CCC(C(N)=O)C3)c2c1. The van der Waals surface area contributed by atoms with Gasteiger partial charge in [0.15, 0.2) is 0 Å². The van der Waals surface area contributed by atoms with Gasteiger partial charge in [0.25, 0.3) is 0 Å². The fraction of sp³-hybridized carbons (Fsp3) is 0.333. The van der Waals surface area contributed by atoms with Gasteiger partial charge in [-0.15, -0.1) is 0 Å². The highest BCUT2D eigenvalue weighted by atomic mass is 35.5. The van der Waals surface area contributed by atoms with Crippen molar-refractivity contribution in [1.29, 1.82) is 0 Å². The molecule has 0 saturated carbocycles. The topological polar surface area (TPSA) is 68.4 Å². The molecule has 1 aliphatic rings.